The van der Waals surface area contributed by atoms with Crippen LogP contribution in [0.3, 0.4) is 0 Å². The van der Waals surface area contributed by atoms with Crippen LogP contribution in [0.15, 0.2) is 61.2 Å². The van der Waals surface area contributed by atoms with Crippen molar-refractivity contribution < 1.29 is 40.1 Å². The molecule has 0 radical (unpaired) electrons. The van der Waals surface area contributed by atoms with Gasteiger partial charge in [-0.1, -0.05) is 30.3 Å². The highest BCUT2D eigenvalue weighted by Gasteiger charge is 2.53. The van der Waals surface area contributed by atoms with Gasteiger partial charge in [-0.15, -0.1) is 6.58 Å². The second kappa shape index (κ2) is 10.9. The van der Waals surface area contributed by atoms with E-state index in [1.807, 2.05) is 0 Å². The molecule has 32 heavy (non-hydrogen) atoms. The minimum Gasteiger partial charge on any atom is -0.497 e. The lowest BCUT2D eigenvalue weighted by molar-refractivity contribution is -0.218. The average molecular weight is 449 g/mol. The van der Waals surface area contributed by atoms with Crippen LogP contribution >= 0.6 is 0 Å². The molecule has 2 aromatic rings. The summed E-state index contributed by atoms with van der Waals surface area (Å²) in [6, 6.07) is 13.3. The van der Waals surface area contributed by atoms with Gasteiger partial charge in [0.15, 0.2) is 0 Å². The lowest BCUT2D eigenvalue weighted by atomic mass is 9.73. The van der Waals surface area contributed by atoms with Crippen molar-refractivity contribution in [3.63, 3.8) is 0 Å². The van der Waals surface area contributed by atoms with Crippen LogP contribution in [0, 0.1) is 0 Å². The van der Waals surface area contributed by atoms with Gasteiger partial charge in [-0.25, -0.2) is 0 Å². The molecule has 0 aromatic heterocycles. The third kappa shape index (κ3) is 5.66. The Labute approximate surface area is 187 Å². The number of hydrogen-bond acceptors (Lipinski definition) is 8. The van der Waals surface area contributed by atoms with E-state index in [2.05, 4.69) is 6.58 Å². The molecule has 1 unspecified atom stereocenters. The molecule has 0 aliphatic carbocycles. The molecule has 176 valence electrons. The Bertz CT molecular complexity index is 888. The minimum absolute atomic E-state index is 0.169. The van der Waals surface area contributed by atoms with Crippen LogP contribution in [0.4, 0.5) is 0 Å². The van der Waals surface area contributed by atoms with Crippen LogP contribution < -0.4 is 9.47 Å². The number of hydrogen-bond donors (Lipinski definition) is 6. The van der Waals surface area contributed by atoms with E-state index in [9.17, 15) is 30.6 Å². The van der Waals surface area contributed by atoms with E-state index in [0.29, 0.717) is 22.6 Å². The van der Waals surface area contributed by atoms with Crippen LogP contribution in [0.1, 0.15) is 11.1 Å². The van der Waals surface area contributed by atoms with Gasteiger partial charge < -0.3 is 40.1 Å². The van der Waals surface area contributed by atoms with Gasteiger partial charge in [-0.3, -0.25) is 0 Å². The SMILES string of the molecule is C=CC(O)(Cc1cccc(OC)c1)[C@@H](O)[C@@](O)(Cc1cccc(OC)c1)[C@H](O)[C@@H](O)CO. The molecule has 2 aromatic carbocycles. The summed E-state index contributed by atoms with van der Waals surface area (Å²) < 4.78 is 10.4. The first kappa shape index (κ1) is 25.8. The van der Waals surface area contributed by atoms with Crippen LogP contribution in [-0.2, 0) is 12.8 Å². The van der Waals surface area contributed by atoms with Crippen molar-refractivity contribution >= 4 is 0 Å². The third-order valence-electron chi connectivity index (χ3n) is 5.61. The van der Waals surface area contributed by atoms with Crippen molar-refractivity contribution in [3.05, 3.63) is 72.3 Å². The molecule has 0 saturated heterocycles. The standard InChI is InChI=1S/C24H32O8/c1-4-23(29,13-16-7-5-9-18(11-16)31-2)22(28)24(30,21(27)20(26)15-25)14-17-8-6-10-19(12-17)32-3/h4-12,20-22,25-30H,1,13-15H2,2-3H3/t20-,21+,22+,23?,24+/m0/s1. The van der Waals surface area contributed by atoms with Crippen molar-refractivity contribution in [2.24, 2.45) is 0 Å². The van der Waals surface area contributed by atoms with E-state index in [1.165, 1.54) is 14.2 Å². The Morgan fingerprint density at radius 2 is 1.41 bits per heavy atom. The van der Waals surface area contributed by atoms with E-state index in [0.717, 1.165) is 6.08 Å². The molecule has 0 bridgehead atoms. The fourth-order valence-corrected chi connectivity index (χ4v) is 3.73. The maximum atomic E-state index is 11.5. The lowest BCUT2D eigenvalue weighted by Crippen LogP contribution is -2.66. The van der Waals surface area contributed by atoms with Gasteiger partial charge in [0.2, 0.25) is 0 Å². The van der Waals surface area contributed by atoms with Crippen LogP contribution in [0.5, 0.6) is 11.5 Å². The van der Waals surface area contributed by atoms with Gasteiger partial charge in [0.1, 0.15) is 41.0 Å². The van der Waals surface area contributed by atoms with Gasteiger partial charge in [0.25, 0.3) is 0 Å². The number of benzene rings is 2. The highest BCUT2D eigenvalue weighted by molar-refractivity contribution is 5.33. The van der Waals surface area contributed by atoms with E-state index >= 15 is 0 Å². The zero-order valence-corrected chi connectivity index (χ0v) is 18.3. The smallest absolute Gasteiger partial charge is 0.126 e. The first-order chi connectivity index (χ1) is 15.1. The van der Waals surface area contributed by atoms with Gasteiger partial charge in [-0.2, -0.15) is 0 Å². The van der Waals surface area contributed by atoms with Crippen molar-refractivity contribution in [1.29, 1.82) is 0 Å². The zero-order valence-electron chi connectivity index (χ0n) is 18.3. The molecule has 0 aliphatic rings. The molecule has 0 saturated carbocycles. The topological polar surface area (TPSA) is 140 Å². The van der Waals surface area contributed by atoms with E-state index in [4.69, 9.17) is 9.47 Å². The van der Waals surface area contributed by atoms with Crippen LogP contribution in [0.2, 0.25) is 0 Å². The molecule has 0 heterocycles. The maximum absolute atomic E-state index is 11.5. The summed E-state index contributed by atoms with van der Waals surface area (Å²) in [5.41, 5.74) is -3.53. The summed E-state index contributed by atoms with van der Waals surface area (Å²) in [5, 5.41) is 64.0. The second-order valence-corrected chi connectivity index (χ2v) is 7.84. The molecule has 8 heteroatoms. The summed E-state index contributed by atoms with van der Waals surface area (Å²) in [6.07, 6.45) is -5.22. The molecule has 5 atom stereocenters. The number of rotatable bonds is 12. The molecule has 0 aliphatic heterocycles. The monoisotopic (exact) mass is 448 g/mol. The highest BCUT2D eigenvalue weighted by atomic mass is 16.5. The van der Waals surface area contributed by atoms with Crippen molar-refractivity contribution in [2.45, 2.75) is 42.4 Å². The average Bonchev–Trinajstić information content (AvgIpc) is 2.82. The first-order valence-corrected chi connectivity index (χ1v) is 10.1. The fourth-order valence-electron chi connectivity index (χ4n) is 3.73. The molecular weight excluding hydrogens is 416 g/mol. The lowest BCUT2D eigenvalue weighted by Gasteiger charge is -2.45. The van der Waals surface area contributed by atoms with Crippen LogP contribution in [-0.4, -0.2) is 81.0 Å². The third-order valence-corrected chi connectivity index (χ3v) is 5.61. The maximum Gasteiger partial charge on any atom is 0.126 e. The van der Waals surface area contributed by atoms with Gasteiger partial charge >= 0.3 is 0 Å². The Morgan fingerprint density at radius 3 is 1.84 bits per heavy atom. The minimum atomic E-state index is -2.46. The Hall–Kier alpha value is -2.46. The molecule has 6 N–H and O–H groups in total. The van der Waals surface area contributed by atoms with Gasteiger partial charge in [0.05, 0.1) is 20.8 Å². The summed E-state index contributed by atoms with van der Waals surface area (Å²) in [6.45, 7) is 2.73. The number of ether oxygens (including phenoxy) is 2. The fraction of sp³-hybridized carbons (Fsp3) is 0.417. The quantitative estimate of drug-likeness (QED) is 0.253. The summed E-state index contributed by atoms with van der Waals surface area (Å²) in [5.74, 6) is 1.01. The second-order valence-electron chi connectivity index (χ2n) is 7.84. The number of aliphatic hydroxyl groups is 6. The highest BCUT2D eigenvalue weighted by Crippen LogP contribution is 2.34. The van der Waals surface area contributed by atoms with E-state index < -0.39 is 36.1 Å². The molecule has 0 spiro atoms. The molecule has 8 nitrogen and oxygen atoms in total. The van der Waals surface area contributed by atoms with Crippen LogP contribution in [0.25, 0.3) is 0 Å². The normalized spacial score (nSPS) is 18.0. The van der Waals surface area contributed by atoms with E-state index in [-0.39, 0.29) is 12.8 Å². The van der Waals surface area contributed by atoms with Crippen molar-refractivity contribution in [3.8, 4) is 11.5 Å². The van der Waals surface area contributed by atoms with Crippen molar-refractivity contribution in [2.75, 3.05) is 20.8 Å². The molecular formula is C24H32O8. The summed E-state index contributed by atoms with van der Waals surface area (Å²) >= 11 is 0. The largest absolute Gasteiger partial charge is 0.497 e. The number of methoxy groups -OCH3 is 2. The van der Waals surface area contributed by atoms with Gasteiger partial charge in [-0.05, 0) is 35.4 Å². The zero-order chi connectivity index (χ0) is 23.9. The Morgan fingerprint density at radius 1 is 0.906 bits per heavy atom. The molecule has 0 fully saturated rings. The predicted molar refractivity (Wildman–Crippen MR) is 119 cm³/mol. The first-order valence-electron chi connectivity index (χ1n) is 10.1. The molecule has 0 amide bonds. The Balaban J connectivity index is 2.47. The van der Waals surface area contributed by atoms with E-state index in [1.54, 1.807) is 48.5 Å². The van der Waals surface area contributed by atoms with Gasteiger partial charge in [0, 0.05) is 12.8 Å². The summed E-state index contributed by atoms with van der Waals surface area (Å²) in [4.78, 5) is 0. The van der Waals surface area contributed by atoms with Crippen molar-refractivity contribution in [1.82, 2.24) is 0 Å². The molecule has 2 rings (SSSR count). The predicted octanol–water partition coefficient (Wildman–Crippen LogP) is 0.212. The summed E-state index contributed by atoms with van der Waals surface area (Å²) in [7, 11) is 2.96. The number of aliphatic hydroxyl groups excluding tert-OH is 4. The Kier molecular flexibility index (Phi) is 8.80.